The Morgan fingerprint density at radius 2 is 0.885 bits per heavy atom. The Morgan fingerprint density at radius 1 is 0.344 bits per heavy atom. The lowest BCUT2D eigenvalue weighted by atomic mass is 9.70. The molecule has 2 aliphatic carbocycles. The van der Waals surface area contributed by atoms with Gasteiger partial charge in [-0.15, -0.1) is 0 Å². The predicted octanol–water partition coefficient (Wildman–Crippen LogP) is 15.9. The van der Waals surface area contributed by atoms with Crippen molar-refractivity contribution in [3.63, 3.8) is 0 Å². The number of nitrogens with zero attached hydrogens (tertiary/aromatic N) is 1. The van der Waals surface area contributed by atoms with E-state index in [0.717, 1.165) is 44.6 Å². The van der Waals surface area contributed by atoms with Gasteiger partial charge in [0.05, 0.1) is 16.8 Å². The van der Waals surface area contributed by atoms with Crippen molar-refractivity contribution in [2.24, 2.45) is 0 Å². The molecule has 1 heterocycles. The van der Waals surface area contributed by atoms with Crippen molar-refractivity contribution in [2.45, 2.75) is 5.41 Å². The monoisotopic (exact) mass is 775 g/mol. The van der Waals surface area contributed by atoms with Gasteiger partial charge in [-0.1, -0.05) is 194 Å². The van der Waals surface area contributed by atoms with Crippen molar-refractivity contribution in [3.8, 4) is 44.5 Å². The molecule has 2 aliphatic rings. The number of anilines is 3. The van der Waals surface area contributed by atoms with Crippen LogP contribution in [0.1, 0.15) is 22.3 Å². The summed E-state index contributed by atoms with van der Waals surface area (Å²) in [5, 5.41) is 4.64. The van der Waals surface area contributed by atoms with Gasteiger partial charge in [-0.25, -0.2) is 0 Å². The van der Waals surface area contributed by atoms with E-state index in [2.05, 4.69) is 229 Å². The fraction of sp³-hybridized carbons (Fsp3) is 0.0169. The molecule has 1 aromatic heterocycles. The van der Waals surface area contributed by atoms with Crippen LogP contribution in [-0.4, -0.2) is 0 Å². The van der Waals surface area contributed by atoms with Gasteiger partial charge in [0.15, 0.2) is 5.58 Å². The van der Waals surface area contributed by atoms with Gasteiger partial charge >= 0.3 is 0 Å². The molecule has 2 nitrogen and oxygen atoms in total. The van der Waals surface area contributed by atoms with Gasteiger partial charge in [-0.05, 0) is 102 Å². The minimum absolute atomic E-state index is 0.482. The van der Waals surface area contributed by atoms with Crippen molar-refractivity contribution in [2.75, 3.05) is 4.90 Å². The van der Waals surface area contributed by atoms with E-state index >= 15 is 0 Å². The molecular formula is C59H37NO. The zero-order chi connectivity index (χ0) is 40.1. The number of benzene rings is 10. The zero-order valence-electron chi connectivity index (χ0n) is 33.2. The summed E-state index contributed by atoms with van der Waals surface area (Å²) in [5.74, 6) is 0. The summed E-state index contributed by atoms with van der Waals surface area (Å²) in [5.41, 5.74) is 19.5. The van der Waals surface area contributed by atoms with E-state index in [1.54, 1.807) is 0 Å². The molecule has 0 aliphatic heterocycles. The molecule has 10 aromatic carbocycles. The van der Waals surface area contributed by atoms with Crippen molar-refractivity contribution < 1.29 is 4.42 Å². The molecule has 61 heavy (non-hydrogen) atoms. The van der Waals surface area contributed by atoms with E-state index in [0.29, 0.717) is 0 Å². The largest absolute Gasteiger partial charge is 0.454 e. The van der Waals surface area contributed by atoms with Crippen LogP contribution >= 0.6 is 0 Å². The first-order valence-corrected chi connectivity index (χ1v) is 21.1. The van der Waals surface area contributed by atoms with Crippen molar-refractivity contribution >= 4 is 49.8 Å². The van der Waals surface area contributed by atoms with Crippen molar-refractivity contribution in [3.05, 3.63) is 247 Å². The highest BCUT2D eigenvalue weighted by molar-refractivity contribution is 6.12. The first kappa shape index (κ1) is 34.0. The zero-order valence-corrected chi connectivity index (χ0v) is 33.2. The van der Waals surface area contributed by atoms with Gasteiger partial charge in [0, 0.05) is 22.0 Å². The normalized spacial score (nSPS) is 13.0. The Balaban J connectivity index is 1.13. The third-order valence-corrected chi connectivity index (χ3v) is 13.3. The van der Waals surface area contributed by atoms with Crippen LogP contribution in [0, 0.1) is 0 Å². The highest BCUT2D eigenvalue weighted by atomic mass is 16.3. The molecule has 0 saturated carbocycles. The molecular weight excluding hydrogens is 739 g/mol. The lowest BCUT2D eigenvalue weighted by molar-refractivity contribution is 0.669. The summed E-state index contributed by atoms with van der Waals surface area (Å²) in [6.07, 6.45) is 0. The maximum absolute atomic E-state index is 6.89. The van der Waals surface area contributed by atoms with E-state index in [1.807, 2.05) is 0 Å². The molecule has 0 N–H and O–H groups in total. The van der Waals surface area contributed by atoms with Crippen LogP contribution in [-0.2, 0) is 5.41 Å². The Bertz CT molecular complexity index is 3490. The number of rotatable bonds is 5. The number of hydrogen-bond acceptors (Lipinski definition) is 2. The van der Waals surface area contributed by atoms with Gasteiger partial charge in [0.2, 0.25) is 0 Å². The summed E-state index contributed by atoms with van der Waals surface area (Å²) in [6, 6.07) is 82.3. The summed E-state index contributed by atoms with van der Waals surface area (Å²) < 4.78 is 6.89. The summed E-state index contributed by atoms with van der Waals surface area (Å²) >= 11 is 0. The number of fused-ring (bicyclic) bond motifs is 14. The average Bonchev–Trinajstić information content (AvgIpc) is 3.96. The third kappa shape index (κ3) is 4.73. The van der Waals surface area contributed by atoms with Crippen LogP contribution in [0.25, 0.3) is 77.2 Å². The van der Waals surface area contributed by atoms with Crippen LogP contribution < -0.4 is 4.90 Å². The van der Waals surface area contributed by atoms with E-state index in [-0.39, 0.29) is 0 Å². The lowest BCUT2D eigenvalue weighted by Gasteiger charge is -2.33. The topological polar surface area (TPSA) is 16.4 Å². The molecule has 1 spiro atoms. The van der Waals surface area contributed by atoms with Gasteiger partial charge in [0.1, 0.15) is 5.58 Å². The van der Waals surface area contributed by atoms with Gasteiger partial charge in [-0.2, -0.15) is 0 Å². The molecule has 0 saturated heterocycles. The van der Waals surface area contributed by atoms with Crippen LogP contribution in [0.2, 0.25) is 0 Å². The first-order valence-electron chi connectivity index (χ1n) is 21.1. The minimum Gasteiger partial charge on any atom is -0.454 e. The Kier molecular flexibility index (Phi) is 7.26. The maximum atomic E-state index is 6.89. The van der Waals surface area contributed by atoms with Crippen LogP contribution in [0.15, 0.2) is 229 Å². The van der Waals surface area contributed by atoms with E-state index < -0.39 is 5.41 Å². The summed E-state index contributed by atoms with van der Waals surface area (Å²) in [7, 11) is 0. The second-order valence-electron chi connectivity index (χ2n) is 16.3. The third-order valence-electron chi connectivity index (χ3n) is 13.3. The van der Waals surface area contributed by atoms with Crippen molar-refractivity contribution in [1.82, 2.24) is 0 Å². The van der Waals surface area contributed by atoms with E-state index in [1.165, 1.54) is 72.0 Å². The molecule has 0 amide bonds. The molecule has 0 bridgehead atoms. The Morgan fingerprint density at radius 3 is 1.62 bits per heavy atom. The smallest absolute Gasteiger partial charge is 0.159 e. The van der Waals surface area contributed by atoms with E-state index in [4.69, 9.17) is 4.42 Å². The fourth-order valence-corrected chi connectivity index (χ4v) is 10.8. The highest BCUT2D eigenvalue weighted by Crippen LogP contribution is 2.63. The SMILES string of the molecule is c1ccc(-c2c(-c3ccccc3N(c3ccc4c(c3)C3(c5ccccc5-c5ccccc53)c3ccccc3-4)c3cccc4c3oc3ccccc34)ccc3ccccc23)cc1. The molecule has 0 fully saturated rings. The van der Waals surface area contributed by atoms with Crippen LogP contribution in [0.3, 0.4) is 0 Å². The molecule has 13 rings (SSSR count). The number of para-hydroxylation sites is 3. The lowest BCUT2D eigenvalue weighted by Crippen LogP contribution is -2.26. The molecule has 11 aromatic rings. The molecule has 0 unspecified atom stereocenters. The molecule has 0 atom stereocenters. The van der Waals surface area contributed by atoms with Gasteiger partial charge in [-0.3, -0.25) is 0 Å². The Labute approximate surface area is 354 Å². The molecule has 0 radical (unpaired) electrons. The average molecular weight is 776 g/mol. The van der Waals surface area contributed by atoms with Crippen LogP contribution in [0.4, 0.5) is 17.1 Å². The van der Waals surface area contributed by atoms with Crippen molar-refractivity contribution in [1.29, 1.82) is 0 Å². The minimum atomic E-state index is -0.482. The second-order valence-corrected chi connectivity index (χ2v) is 16.3. The molecule has 2 heteroatoms. The fourth-order valence-electron chi connectivity index (χ4n) is 10.8. The quantitative estimate of drug-likeness (QED) is 0.173. The molecule has 284 valence electrons. The maximum Gasteiger partial charge on any atom is 0.159 e. The van der Waals surface area contributed by atoms with Gasteiger partial charge in [0.25, 0.3) is 0 Å². The predicted molar refractivity (Wildman–Crippen MR) is 253 cm³/mol. The Hall–Kier alpha value is -7.94. The standard InChI is InChI=1S/C59H37NO/c1-2-18-39(19-3-1)57-41-20-5-4-17-38(41)33-35-48(57)46-24-9-14-30-54(46)60(55-31-16-26-49-47-25-10-15-32-56(47)61-58(49)55)40-34-36-45-44-23-8-13-29-52(44)59(53(45)37-40)50-27-11-6-21-42(50)43-22-7-12-28-51(43)59/h1-37H. The number of hydrogen-bond donors (Lipinski definition) is 0. The number of furan rings is 1. The summed E-state index contributed by atoms with van der Waals surface area (Å²) in [6.45, 7) is 0. The second kappa shape index (κ2) is 13.0. The first-order chi connectivity index (χ1) is 30.3. The van der Waals surface area contributed by atoms with E-state index in [9.17, 15) is 0 Å². The van der Waals surface area contributed by atoms with Crippen LogP contribution in [0.5, 0.6) is 0 Å². The van der Waals surface area contributed by atoms with Gasteiger partial charge < -0.3 is 9.32 Å². The highest BCUT2D eigenvalue weighted by Gasteiger charge is 2.51. The summed E-state index contributed by atoms with van der Waals surface area (Å²) in [4.78, 5) is 2.45.